The van der Waals surface area contributed by atoms with Gasteiger partial charge in [-0.3, -0.25) is 9.59 Å². The van der Waals surface area contributed by atoms with E-state index in [-0.39, 0.29) is 11.8 Å². The Morgan fingerprint density at radius 1 is 0.500 bits per heavy atom. The molecule has 2 heteroatoms. The number of carbonyl (C=O) groups excluding carboxylic acids is 2. The summed E-state index contributed by atoms with van der Waals surface area (Å²) in [5, 5.41) is 0. The second-order valence-corrected chi connectivity index (χ2v) is 7.28. The first-order valence-corrected chi connectivity index (χ1v) is 9.50. The molecule has 130 valence electrons. The van der Waals surface area contributed by atoms with Gasteiger partial charge in [-0.25, -0.2) is 0 Å². The van der Waals surface area contributed by atoms with Crippen molar-refractivity contribution in [3.8, 4) is 0 Å². The van der Waals surface area contributed by atoms with E-state index in [2.05, 4.69) is 0 Å². The smallest absolute Gasteiger partial charge is 0.135 e. The van der Waals surface area contributed by atoms with Crippen LogP contribution in [0.5, 0.6) is 0 Å². The lowest BCUT2D eigenvalue weighted by Crippen LogP contribution is -2.06. The molecule has 22 heavy (non-hydrogen) atoms. The highest BCUT2D eigenvalue weighted by molar-refractivity contribution is 5.80. The van der Waals surface area contributed by atoms with Gasteiger partial charge in [-0.2, -0.15) is 0 Å². The van der Waals surface area contributed by atoms with Gasteiger partial charge in [0.25, 0.3) is 0 Å². The van der Waals surface area contributed by atoms with Crippen molar-refractivity contribution in [1.29, 1.82) is 0 Å². The predicted octanol–water partition coefficient (Wildman–Crippen LogP) is 6.12. The Labute approximate surface area is 138 Å². The number of hydrogen-bond donors (Lipinski definition) is 0. The van der Waals surface area contributed by atoms with Crippen molar-refractivity contribution in [2.24, 2.45) is 11.8 Å². The van der Waals surface area contributed by atoms with Crippen LogP contribution in [0.15, 0.2) is 0 Å². The molecule has 0 rings (SSSR count). The maximum Gasteiger partial charge on any atom is 0.135 e. The van der Waals surface area contributed by atoms with Gasteiger partial charge in [0.2, 0.25) is 0 Å². The summed E-state index contributed by atoms with van der Waals surface area (Å²) < 4.78 is 0. The molecule has 0 amide bonds. The van der Waals surface area contributed by atoms with Crippen molar-refractivity contribution >= 4 is 11.6 Å². The molecule has 0 fully saturated rings. The van der Waals surface area contributed by atoms with Crippen LogP contribution in [0.1, 0.15) is 105 Å². The third-order valence-corrected chi connectivity index (χ3v) is 4.38. The summed E-state index contributed by atoms with van der Waals surface area (Å²) in [4.78, 5) is 22.9. The molecule has 0 atom stereocenters. The first-order valence-electron chi connectivity index (χ1n) is 9.50. The molecule has 0 spiro atoms. The molecule has 2 nitrogen and oxygen atoms in total. The lowest BCUT2D eigenvalue weighted by Gasteiger charge is -2.05. The third kappa shape index (κ3) is 13.0. The van der Waals surface area contributed by atoms with Crippen LogP contribution in [0.4, 0.5) is 0 Å². The van der Waals surface area contributed by atoms with Gasteiger partial charge in [0.1, 0.15) is 11.6 Å². The minimum atomic E-state index is 0.204. The zero-order chi connectivity index (χ0) is 16.8. The van der Waals surface area contributed by atoms with Gasteiger partial charge in [-0.05, 0) is 12.8 Å². The van der Waals surface area contributed by atoms with Crippen LogP contribution in [0.2, 0.25) is 0 Å². The molecular formula is C20H38O2. The average Bonchev–Trinajstić information content (AvgIpc) is 2.47. The second-order valence-electron chi connectivity index (χ2n) is 7.28. The van der Waals surface area contributed by atoms with Gasteiger partial charge in [0, 0.05) is 24.7 Å². The van der Waals surface area contributed by atoms with E-state index in [1.807, 2.05) is 27.7 Å². The van der Waals surface area contributed by atoms with E-state index >= 15 is 0 Å². The lowest BCUT2D eigenvalue weighted by atomic mass is 10.0. The number of carbonyl (C=O) groups is 2. The SMILES string of the molecule is CC(C)C(=O)CCCCCCCCCCCCC(=O)C(C)C. The van der Waals surface area contributed by atoms with Crippen molar-refractivity contribution in [2.45, 2.75) is 105 Å². The van der Waals surface area contributed by atoms with Gasteiger partial charge in [-0.15, -0.1) is 0 Å². The molecule has 0 aliphatic carbocycles. The van der Waals surface area contributed by atoms with Crippen molar-refractivity contribution in [3.05, 3.63) is 0 Å². The third-order valence-electron chi connectivity index (χ3n) is 4.38. The largest absolute Gasteiger partial charge is 0.299 e. The minimum absolute atomic E-state index is 0.204. The fourth-order valence-corrected chi connectivity index (χ4v) is 2.59. The van der Waals surface area contributed by atoms with Crippen molar-refractivity contribution in [1.82, 2.24) is 0 Å². The topological polar surface area (TPSA) is 34.1 Å². The van der Waals surface area contributed by atoms with Gasteiger partial charge in [0.05, 0.1) is 0 Å². The fraction of sp³-hybridized carbons (Fsp3) is 0.900. The van der Waals surface area contributed by atoms with E-state index in [1.54, 1.807) is 0 Å². The van der Waals surface area contributed by atoms with Gasteiger partial charge in [-0.1, -0.05) is 79.1 Å². The van der Waals surface area contributed by atoms with Crippen molar-refractivity contribution < 1.29 is 9.59 Å². The first kappa shape index (κ1) is 21.3. The number of ketones is 2. The maximum atomic E-state index is 11.5. The van der Waals surface area contributed by atoms with Crippen LogP contribution in [-0.2, 0) is 9.59 Å². The summed E-state index contributed by atoms with van der Waals surface area (Å²) in [7, 11) is 0. The minimum Gasteiger partial charge on any atom is -0.299 e. The summed E-state index contributed by atoms with van der Waals surface area (Å²) >= 11 is 0. The molecule has 0 aliphatic heterocycles. The zero-order valence-corrected chi connectivity index (χ0v) is 15.5. The van der Waals surface area contributed by atoms with Crippen molar-refractivity contribution in [3.63, 3.8) is 0 Å². The molecule has 0 saturated carbocycles. The van der Waals surface area contributed by atoms with E-state index in [1.165, 1.54) is 51.4 Å². The fourth-order valence-electron chi connectivity index (χ4n) is 2.59. The van der Waals surface area contributed by atoms with Crippen LogP contribution >= 0.6 is 0 Å². The Bertz CT molecular complexity index is 262. The number of Topliss-reactive ketones (excluding diaryl/α,β-unsaturated/α-hetero) is 2. The Morgan fingerprint density at radius 2 is 0.727 bits per heavy atom. The van der Waals surface area contributed by atoms with Crippen LogP contribution in [0.25, 0.3) is 0 Å². The summed E-state index contributed by atoms with van der Waals surface area (Å²) in [5.74, 6) is 1.23. The van der Waals surface area contributed by atoms with E-state index < -0.39 is 0 Å². The monoisotopic (exact) mass is 310 g/mol. The summed E-state index contributed by atoms with van der Waals surface area (Å²) in [6, 6.07) is 0. The highest BCUT2D eigenvalue weighted by Crippen LogP contribution is 2.13. The number of unbranched alkanes of at least 4 members (excludes halogenated alkanes) is 9. The quantitative estimate of drug-likeness (QED) is 0.341. The predicted molar refractivity (Wildman–Crippen MR) is 95.1 cm³/mol. The molecule has 0 aromatic rings. The lowest BCUT2D eigenvalue weighted by molar-refractivity contribution is -0.122. The van der Waals surface area contributed by atoms with Gasteiger partial charge in [0.15, 0.2) is 0 Å². The molecule has 0 heterocycles. The Balaban J connectivity index is 3.18. The van der Waals surface area contributed by atoms with E-state index in [4.69, 9.17) is 0 Å². The van der Waals surface area contributed by atoms with Gasteiger partial charge < -0.3 is 0 Å². The summed E-state index contributed by atoms with van der Waals surface area (Å²) in [6.07, 6.45) is 13.9. The molecule has 0 aliphatic rings. The molecule has 0 N–H and O–H groups in total. The maximum absolute atomic E-state index is 11.5. The Kier molecular flexibility index (Phi) is 13.5. The molecule has 0 aromatic heterocycles. The van der Waals surface area contributed by atoms with Gasteiger partial charge >= 0.3 is 0 Å². The van der Waals surface area contributed by atoms with E-state index in [0.717, 1.165) is 25.7 Å². The summed E-state index contributed by atoms with van der Waals surface area (Å²) in [5.41, 5.74) is 0. The molecule has 0 aromatic carbocycles. The molecule has 0 radical (unpaired) electrons. The highest BCUT2D eigenvalue weighted by Gasteiger charge is 2.06. The van der Waals surface area contributed by atoms with Crippen LogP contribution in [0, 0.1) is 11.8 Å². The molecule has 0 unspecified atom stereocenters. The van der Waals surface area contributed by atoms with E-state index in [9.17, 15) is 9.59 Å². The zero-order valence-electron chi connectivity index (χ0n) is 15.5. The first-order chi connectivity index (χ1) is 10.4. The molecule has 0 saturated heterocycles. The number of hydrogen-bond acceptors (Lipinski definition) is 2. The highest BCUT2D eigenvalue weighted by atomic mass is 16.1. The van der Waals surface area contributed by atoms with Crippen LogP contribution < -0.4 is 0 Å². The van der Waals surface area contributed by atoms with Crippen molar-refractivity contribution in [2.75, 3.05) is 0 Å². The summed E-state index contributed by atoms with van der Waals surface area (Å²) in [6.45, 7) is 7.95. The molecule has 0 bridgehead atoms. The van der Waals surface area contributed by atoms with Crippen LogP contribution in [-0.4, -0.2) is 11.6 Å². The second kappa shape index (κ2) is 14.0. The average molecular weight is 311 g/mol. The number of rotatable bonds is 15. The molecular weight excluding hydrogens is 272 g/mol. The standard InChI is InChI=1S/C20H38O2/c1-17(2)19(21)15-13-11-9-7-5-6-8-10-12-14-16-20(22)18(3)4/h17-18H,5-16H2,1-4H3. The van der Waals surface area contributed by atoms with Crippen LogP contribution in [0.3, 0.4) is 0 Å². The Hall–Kier alpha value is -0.660. The normalized spacial score (nSPS) is 11.4. The van der Waals surface area contributed by atoms with E-state index in [0.29, 0.717) is 11.6 Å². The Morgan fingerprint density at radius 3 is 0.955 bits per heavy atom.